The monoisotopic (exact) mass is 406 g/mol. The summed E-state index contributed by atoms with van der Waals surface area (Å²) in [7, 11) is 0. The topological polar surface area (TPSA) is 80.9 Å². The second kappa shape index (κ2) is 8.41. The summed E-state index contributed by atoms with van der Waals surface area (Å²) in [4.78, 5) is 21.8. The van der Waals surface area contributed by atoms with Crippen LogP contribution in [0.4, 0.5) is 0 Å². The van der Waals surface area contributed by atoms with Gasteiger partial charge in [-0.25, -0.2) is 4.98 Å². The van der Waals surface area contributed by atoms with Crippen molar-refractivity contribution in [3.05, 3.63) is 76.9 Å². The fraction of sp³-hybridized carbons (Fsp3) is 0.182. The van der Waals surface area contributed by atoms with Crippen molar-refractivity contribution in [1.29, 1.82) is 0 Å². The molecular weight excluding hydrogens is 388 g/mol. The zero-order valence-electron chi connectivity index (χ0n) is 15.9. The predicted molar refractivity (Wildman–Crippen MR) is 112 cm³/mol. The lowest BCUT2D eigenvalue weighted by molar-refractivity contribution is 0.0954. The van der Waals surface area contributed by atoms with Crippen molar-refractivity contribution in [1.82, 2.24) is 20.4 Å². The van der Waals surface area contributed by atoms with Crippen LogP contribution in [0.15, 0.2) is 59.1 Å². The largest absolute Gasteiger partial charge is 0.352 e. The van der Waals surface area contributed by atoms with E-state index < -0.39 is 0 Å². The average molecular weight is 407 g/mol. The van der Waals surface area contributed by atoms with Crippen LogP contribution in [0.25, 0.3) is 22.2 Å². The Bertz CT molecular complexity index is 1160. The van der Waals surface area contributed by atoms with Gasteiger partial charge < -0.3 is 9.84 Å². The number of aryl methyl sites for hydroxylation is 2. The van der Waals surface area contributed by atoms with E-state index in [0.29, 0.717) is 41.7 Å². The molecule has 1 amide bonds. The number of nitrogens with zero attached hydrogens (tertiary/aromatic N) is 3. The fourth-order valence-electron chi connectivity index (χ4n) is 3.11. The highest BCUT2D eigenvalue weighted by atomic mass is 35.5. The third kappa shape index (κ3) is 4.43. The van der Waals surface area contributed by atoms with Gasteiger partial charge in [-0.05, 0) is 37.6 Å². The first-order valence-corrected chi connectivity index (χ1v) is 9.71. The Morgan fingerprint density at radius 2 is 1.90 bits per heavy atom. The van der Waals surface area contributed by atoms with Gasteiger partial charge in [0, 0.05) is 28.9 Å². The van der Waals surface area contributed by atoms with E-state index in [1.165, 1.54) is 0 Å². The molecule has 0 aliphatic heterocycles. The van der Waals surface area contributed by atoms with E-state index in [4.69, 9.17) is 21.1 Å². The van der Waals surface area contributed by atoms with Gasteiger partial charge in [0.15, 0.2) is 5.82 Å². The first-order chi connectivity index (χ1) is 14.1. The minimum Gasteiger partial charge on any atom is -0.352 e. The van der Waals surface area contributed by atoms with E-state index in [-0.39, 0.29) is 5.91 Å². The van der Waals surface area contributed by atoms with Crippen LogP contribution in [0.1, 0.15) is 28.5 Å². The van der Waals surface area contributed by atoms with Crippen LogP contribution >= 0.6 is 11.6 Å². The summed E-state index contributed by atoms with van der Waals surface area (Å²) >= 11 is 5.99. The zero-order chi connectivity index (χ0) is 20.2. The highest BCUT2D eigenvalue weighted by Gasteiger charge is 2.14. The summed E-state index contributed by atoms with van der Waals surface area (Å²) in [6, 6.07) is 16.9. The highest BCUT2D eigenvalue weighted by Crippen LogP contribution is 2.26. The van der Waals surface area contributed by atoms with E-state index in [1.54, 1.807) is 6.92 Å². The molecule has 0 radical (unpaired) electrons. The van der Waals surface area contributed by atoms with Gasteiger partial charge in [0.25, 0.3) is 5.91 Å². The van der Waals surface area contributed by atoms with Crippen molar-refractivity contribution in [2.75, 3.05) is 6.54 Å². The fourth-order valence-corrected chi connectivity index (χ4v) is 3.24. The summed E-state index contributed by atoms with van der Waals surface area (Å²) < 4.78 is 5.10. The van der Waals surface area contributed by atoms with Crippen molar-refractivity contribution >= 4 is 28.4 Å². The Balaban J connectivity index is 1.54. The molecule has 0 saturated carbocycles. The maximum absolute atomic E-state index is 12.9. The lowest BCUT2D eigenvalue weighted by atomic mass is 10.0. The number of hydrogen-bond donors (Lipinski definition) is 1. The Hall–Kier alpha value is -3.25. The summed E-state index contributed by atoms with van der Waals surface area (Å²) in [5, 5.41) is 8.22. The van der Waals surface area contributed by atoms with E-state index in [9.17, 15) is 4.79 Å². The molecule has 2 aromatic heterocycles. The van der Waals surface area contributed by atoms with Crippen LogP contribution < -0.4 is 5.32 Å². The number of para-hydroxylation sites is 1. The maximum atomic E-state index is 12.9. The predicted octanol–water partition coefficient (Wildman–Crippen LogP) is 4.61. The number of nitrogens with one attached hydrogen (secondary N) is 1. The van der Waals surface area contributed by atoms with Crippen LogP contribution in [-0.4, -0.2) is 27.6 Å². The first kappa shape index (κ1) is 19.1. The maximum Gasteiger partial charge on any atom is 0.252 e. The van der Waals surface area contributed by atoms with Crippen molar-refractivity contribution < 1.29 is 9.32 Å². The SMILES string of the molecule is Cc1noc(CCCNC(=O)c2cc(-c3ccc(Cl)cc3)nc3ccccc23)n1. The second-order valence-corrected chi connectivity index (χ2v) is 7.11. The molecule has 146 valence electrons. The molecule has 0 spiro atoms. The van der Waals surface area contributed by atoms with Crippen molar-refractivity contribution in [2.45, 2.75) is 19.8 Å². The standard InChI is InChI=1S/C22H19ClN4O2/c1-14-25-21(29-27-14)7-4-12-24-22(28)18-13-20(15-8-10-16(23)11-9-15)26-19-6-3-2-5-17(18)19/h2-3,5-6,8-11,13H,4,7,12H2,1H3,(H,24,28). The molecule has 2 heterocycles. The van der Waals surface area contributed by atoms with Crippen molar-refractivity contribution in [3.63, 3.8) is 0 Å². The Labute approximate surface area is 172 Å². The molecule has 0 unspecified atom stereocenters. The number of carbonyl (C=O) groups excluding carboxylic acids is 1. The van der Waals surface area contributed by atoms with E-state index >= 15 is 0 Å². The smallest absolute Gasteiger partial charge is 0.252 e. The third-order valence-corrected chi connectivity index (χ3v) is 4.78. The van der Waals surface area contributed by atoms with Gasteiger partial charge in [0.2, 0.25) is 5.89 Å². The average Bonchev–Trinajstić information content (AvgIpc) is 3.16. The molecule has 1 N–H and O–H groups in total. The summed E-state index contributed by atoms with van der Waals surface area (Å²) in [6.07, 6.45) is 1.33. The molecule has 4 aromatic rings. The molecular formula is C22H19ClN4O2. The van der Waals surface area contributed by atoms with Crippen molar-refractivity contribution in [2.24, 2.45) is 0 Å². The molecule has 0 bridgehead atoms. The number of amides is 1. The molecule has 0 saturated heterocycles. The molecule has 29 heavy (non-hydrogen) atoms. The van der Waals surface area contributed by atoms with Crippen LogP contribution in [0, 0.1) is 6.92 Å². The molecule has 4 rings (SSSR count). The number of aromatic nitrogens is 3. The molecule has 7 heteroatoms. The van der Waals surface area contributed by atoms with Gasteiger partial charge in [-0.2, -0.15) is 4.98 Å². The van der Waals surface area contributed by atoms with Crippen LogP contribution in [0.3, 0.4) is 0 Å². The molecule has 2 aromatic carbocycles. The number of hydrogen-bond acceptors (Lipinski definition) is 5. The molecule has 0 fully saturated rings. The van der Waals surface area contributed by atoms with E-state index in [2.05, 4.69) is 15.5 Å². The lowest BCUT2D eigenvalue weighted by Gasteiger charge is -2.10. The summed E-state index contributed by atoms with van der Waals surface area (Å²) in [5.41, 5.74) is 2.99. The molecule has 6 nitrogen and oxygen atoms in total. The number of pyridine rings is 1. The van der Waals surface area contributed by atoms with Crippen LogP contribution in [0.2, 0.25) is 5.02 Å². The third-order valence-electron chi connectivity index (χ3n) is 4.52. The van der Waals surface area contributed by atoms with Gasteiger partial charge in [-0.15, -0.1) is 0 Å². The molecule has 0 aliphatic rings. The second-order valence-electron chi connectivity index (χ2n) is 6.67. The normalized spacial score (nSPS) is 11.0. The summed E-state index contributed by atoms with van der Waals surface area (Å²) in [5.74, 6) is 1.05. The Morgan fingerprint density at radius 1 is 1.10 bits per heavy atom. The molecule has 0 aliphatic carbocycles. The first-order valence-electron chi connectivity index (χ1n) is 9.33. The van der Waals surface area contributed by atoms with Gasteiger partial charge in [-0.3, -0.25) is 4.79 Å². The number of benzene rings is 2. The highest BCUT2D eigenvalue weighted by molar-refractivity contribution is 6.30. The van der Waals surface area contributed by atoms with Gasteiger partial charge >= 0.3 is 0 Å². The number of carbonyl (C=O) groups is 1. The number of halogens is 1. The van der Waals surface area contributed by atoms with Gasteiger partial charge in [-0.1, -0.05) is 47.1 Å². The lowest BCUT2D eigenvalue weighted by Crippen LogP contribution is -2.25. The minimum atomic E-state index is -0.138. The van der Waals surface area contributed by atoms with Gasteiger partial charge in [0.05, 0.1) is 16.8 Å². The summed E-state index contributed by atoms with van der Waals surface area (Å²) in [6.45, 7) is 2.29. The van der Waals surface area contributed by atoms with E-state index in [1.807, 2.05) is 54.6 Å². The number of rotatable bonds is 6. The Morgan fingerprint density at radius 3 is 2.66 bits per heavy atom. The minimum absolute atomic E-state index is 0.138. The van der Waals surface area contributed by atoms with Crippen molar-refractivity contribution in [3.8, 4) is 11.3 Å². The molecule has 0 atom stereocenters. The van der Waals surface area contributed by atoms with E-state index in [0.717, 1.165) is 22.2 Å². The Kier molecular flexibility index (Phi) is 5.53. The number of fused-ring (bicyclic) bond motifs is 1. The van der Waals surface area contributed by atoms with Crippen LogP contribution in [-0.2, 0) is 6.42 Å². The van der Waals surface area contributed by atoms with Gasteiger partial charge in [0.1, 0.15) is 0 Å². The zero-order valence-corrected chi connectivity index (χ0v) is 16.6. The quantitative estimate of drug-likeness (QED) is 0.473. The van der Waals surface area contributed by atoms with Crippen LogP contribution in [0.5, 0.6) is 0 Å².